The van der Waals surface area contributed by atoms with E-state index < -0.39 is 0 Å². The number of nitrogens with zero attached hydrogens (tertiary/aromatic N) is 1. The number of halogens is 1. The third kappa shape index (κ3) is 14.3. The average Bonchev–Trinajstić information content (AvgIpc) is 3.03. The normalized spacial score (nSPS) is 17.9. The maximum absolute atomic E-state index is 10.3. The molecule has 2 aliphatic heterocycles. The summed E-state index contributed by atoms with van der Waals surface area (Å²) < 4.78 is 0. The van der Waals surface area contributed by atoms with Gasteiger partial charge in [0.1, 0.15) is 0 Å². The Kier molecular flexibility index (Phi) is 13.1. The van der Waals surface area contributed by atoms with Crippen LogP contribution in [0.4, 0.5) is 0 Å². The lowest BCUT2D eigenvalue weighted by atomic mass is 10.5. The van der Waals surface area contributed by atoms with E-state index in [4.69, 9.17) is 5.73 Å². The van der Waals surface area contributed by atoms with Crippen LogP contribution >= 0.6 is 39.5 Å². The van der Waals surface area contributed by atoms with Gasteiger partial charge in [0, 0.05) is 36.3 Å². The molecule has 0 radical (unpaired) electrons. The maximum atomic E-state index is 10.3. The van der Waals surface area contributed by atoms with Crippen molar-refractivity contribution >= 4 is 51.3 Å². The summed E-state index contributed by atoms with van der Waals surface area (Å²) in [6.07, 6.45) is 0. The first-order valence-corrected chi connectivity index (χ1v) is 9.20. The fourth-order valence-corrected chi connectivity index (χ4v) is 2.87. The Balaban J connectivity index is 0.000000278. The molecule has 0 aromatic heterocycles. The highest BCUT2D eigenvalue weighted by atomic mass is 79.9. The molecule has 0 atom stereocenters. The van der Waals surface area contributed by atoms with Crippen molar-refractivity contribution in [3.05, 3.63) is 0 Å². The molecule has 6 nitrogen and oxygen atoms in total. The van der Waals surface area contributed by atoms with Crippen LogP contribution in [0.5, 0.6) is 0 Å². The van der Waals surface area contributed by atoms with Crippen LogP contribution in [0.1, 0.15) is 0 Å². The predicted octanol–water partition coefficient (Wildman–Crippen LogP) is -0.375. The van der Waals surface area contributed by atoms with Gasteiger partial charge in [-0.25, -0.2) is 0 Å². The standard InChI is InChI=1S/C5H10N2OS.C3H7NS.C2H4BrNO/c6-5(8)3-7-1-2-9-4-7;1-2-5-3-4-1;3-1-2(4)5/h1-4H2,(H2,6,8);4H,1-3H2;1H2,(H2,4,5). The quantitative estimate of drug-likeness (QED) is 0.584. The fraction of sp³-hybridized carbons (Fsp3) is 0.800. The summed E-state index contributed by atoms with van der Waals surface area (Å²) in [4.78, 5) is 21.9. The summed E-state index contributed by atoms with van der Waals surface area (Å²) in [5.41, 5.74) is 9.59. The Morgan fingerprint density at radius 2 is 1.89 bits per heavy atom. The van der Waals surface area contributed by atoms with Gasteiger partial charge in [0.25, 0.3) is 0 Å². The largest absolute Gasteiger partial charge is 0.369 e. The second kappa shape index (κ2) is 13.0. The highest BCUT2D eigenvalue weighted by molar-refractivity contribution is 9.09. The summed E-state index contributed by atoms with van der Waals surface area (Å²) >= 11 is 6.64. The Morgan fingerprint density at radius 3 is 2.16 bits per heavy atom. The number of primary amides is 2. The van der Waals surface area contributed by atoms with Gasteiger partial charge >= 0.3 is 0 Å². The van der Waals surface area contributed by atoms with Crippen molar-refractivity contribution in [2.24, 2.45) is 11.5 Å². The number of rotatable bonds is 3. The van der Waals surface area contributed by atoms with Crippen LogP contribution in [0.2, 0.25) is 0 Å². The van der Waals surface area contributed by atoms with Crippen molar-refractivity contribution in [1.82, 2.24) is 10.2 Å². The van der Waals surface area contributed by atoms with Gasteiger partial charge in [-0.3, -0.25) is 14.5 Å². The van der Waals surface area contributed by atoms with Crippen LogP contribution in [0.3, 0.4) is 0 Å². The molecule has 2 rings (SSSR count). The van der Waals surface area contributed by atoms with Gasteiger partial charge in [-0.05, 0) is 0 Å². The number of nitrogens with two attached hydrogens (primary N) is 2. The Bertz CT molecular complexity index is 254. The summed E-state index contributed by atoms with van der Waals surface area (Å²) in [6, 6.07) is 0. The Labute approximate surface area is 130 Å². The van der Waals surface area contributed by atoms with Crippen molar-refractivity contribution in [3.8, 4) is 0 Å². The number of carbonyl (C=O) groups is 2. The molecule has 0 aromatic carbocycles. The lowest BCUT2D eigenvalue weighted by Gasteiger charge is -2.08. The third-order valence-electron chi connectivity index (χ3n) is 1.96. The number of carbonyl (C=O) groups excluding carboxylic acids is 2. The van der Waals surface area contributed by atoms with Crippen LogP contribution < -0.4 is 16.8 Å². The summed E-state index contributed by atoms with van der Waals surface area (Å²) in [5.74, 6) is 4.01. The summed E-state index contributed by atoms with van der Waals surface area (Å²) in [6.45, 7) is 2.64. The Hall–Kier alpha value is 0.0400. The molecule has 0 bridgehead atoms. The molecule has 0 unspecified atom stereocenters. The molecule has 0 spiro atoms. The molecule has 2 saturated heterocycles. The number of hydrogen-bond acceptors (Lipinski definition) is 6. The fourth-order valence-electron chi connectivity index (χ4n) is 1.16. The van der Waals surface area contributed by atoms with Crippen LogP contribution in [-0.2, 0) is 9.59 Å². The molecule has 2 aliphatic rings. The number of alkyl halides is 1. The van der Waals surface area contributed by atoms with E-state index in [1.807, 2.05) is 28.4 Å². The van der Waals surface area contributed by atoms with Crippen LogP contribution in [0.15, 0.2) is 0 Å². The molecule has 0 saturated carbocycles. The number of nitrogens with one attached hydrogen (secondary N) is 1. The highest BCUT2D eigenvalue weighted by Crippen LogP contribution is 2.11. The van der Waals surface area contributed by atoms with Gasteiger partial charge in [-0.15, -0.1) is 23.5 Å². The van der Waals surface area contributed by atoms with Gasteiger partial charge in [0.2, 0.25) is 11.8 Å². The minimum absolute atomic E-state index is 0.225. The lowest BCUT2D eigenvalue weighted by Crippen LogP contribution is -2.31. The van der Waals surface area contributed by atoms with E-state index >= 15 is 0 Å². The smallest absolute Gasteiger partial charge is 0.231 e. The molecule has 2 heterocycles. The predicted molar refractivity (Wildman–Crippen MR) is 86.4 cm³/mol. The van der Waals surface area contributed by atoms with Crippen molar-refractivity contribution in [2.45, 2.75) is 0 Å². The minimum Gasteiger partial charge on any atom is -0.369 e. The average molecular weight is 373 g/mol. The first-order chi connectivity index (χ1) is 9.06. The molecular formula is C10H21BrN4O2S2. The van der Waals surface area contributed by atoms with Crippen molar-refractivity contribution < 1.29 is 9.59 Å². The van der Waals surface area contributed by atoms with Crippen LogP contribution in [0, 0.1) is 0 Å². The van der Waals surface area contributed by atoms with Gasteiger partial charge in [-0.2, -0.15) is 0 Å². The van der Waals surface area contributed by atoms with E-state index in [0.717, 1.165) is 18.2 Å². The summed E-state index contributed by atoms with van der Waals surface area (Å²) in [7, 11) is 0. The van der Waals surface area contributed by atoms with E-state index in [1.165, 1.54) is 18.2 Å². The zero-order chi connectivity index (χ0) is 14.5. The van der Waals surface area contributed by atoms with E-state index in [2.05, 4.69) is 27.0 Å². The SMILES string of the molecule is C1CSCN1.NC(=O)CBr.NC(=O)CN1CCSC1. The maximum Gasteiger partial charge on any atom is 0.231 e. The first kappa shape index (κ1) is 19.0. The van der Waals surface area contributed by atoms with E-state index in [9.17, 15) is 9.59 Å². The number of hydrogen-bond donors (Lipinski definition) is 3. The molecule has 9 heteroatoms. The molecule has 5 N–H and O–H groups in total. The van der Waals surface area contributed by atoms with Gasteiger partial charge in [0.15, 0.2) is 0 Å². The van der Waals surface area contributed by atoms with Crippen LogP contribution in [0.25, 0.3) is 0 Å². The van der Waals surface area contributed by atoms with Crippen molar-refractivity contribution in [2.75, 3.05) is 48.2 Å². The minimum atomic E-state index is -0.329. The monoisotopic (exact) mass is 372 g/mol. The van der Waals surface area contributed by atoms with Gasteiger partial charge in [-0.1, -0.05) is 15.9 Å². The summed E-state index contributed by atoms with van der Waals surface area (Å²) in [5, 5.41) is 3.44. The van der Waals surface area contributed by atoms with Crippen molar-refractivity contribution in [3.63, 3.8) is 0 Å². The number of thioether (sulfide) groups is 2. The molecule has 2 amide bonds. The van der Waals surface area contributed by atoms with Crippen molar-refractivity contribution in [1.29, 1.82) is 0 Å². The zero-order valence-electron chi connectivity index (χ0n) is 10.8. The Morgan fingerprint density at radius 1 is 1.21 bits per heavy atom. The molecule has 19 heavy (non-hydrogen) atoms. The van der Waals surface area contributed by atoms with Gasteiger partial charge < -0.3 is 16.8 Å². The second-order valence-electron chi connectivity index (χ2n) is 3.71. The number of amides is 2. The van der Waals surface area contributed by atoms with E-state index in [1.54, 1.807) is 0 Å². The molecular weight excluding hydrogens is 352 g/mol. The molecule has 0 aromatic rings. The highest BCUT2D eigenvalue weighted by Gasteiger charge is 2.12. The first-order valence-electron chi connectivity index (χ1n) is 5.77. The zero-order valence-corrected chi connectivity index (χ0v) is 14.0. The topological polar surface area (TPSA) is 101 Å². The van der Waals surface area contributed by atoms with Crippen LogP contribution in [-0.4, -0.2) is 64.9 Å². The van der Waals surface area contributed by atoms with E-state index in [0.29, 0.717) is 6.54 Å². The third-order valence-corrected chi connectivity index (χ3v) is 4.44. The van der Waals surface area contributed by atoms with E-state index in [-0.39, 0.29) is 17.1 Å². The van der Waals surface area contributed by atoms with Gasteiger partial charge in [0.05, 0.1) is 11.9 Å². The lowest BCUT2D eigenvalue weighted by molar-refractivity contribution is -0.119. The molecule has 112 valence electrons. The second-order valence-corrected chi connectivity index (χ2v) is 6.45. The molecule has 0 aliphatic carbocycles. The molecule has 2 fully saturated rings.